The second-order valence-electron chi connectivity index (χ2n) is 5.77. The van der Waals surface area contributed by atoms with Crippen LogP contribution in [0, 0.1) is 0 Å². The van der Waals surface area contributed by atoms with Crippen LogP contribution in [-0.4, -0.2) is 15.9 Å². The fraction of sp³-hybridized carbons (Fsp3) is 0. The van der Waals surface area contributed by atoms with E-state index in [4.69, 9.17) is 0 Å². The highest BCUT2D eigenvalue weighted by molar-refractivity contribution is 9.12. The molecule has 27 heavy (non-hydrogen) atoms. The predicted molar refractivity (Wildman–Crippen MR) is 117 cm³/mol. The number of allylic oxidation sites excluding steroid dienone is 1. The number of hydrogen-bond donors (Lipinski definition) is 0. The summed E-state index contributed by atoms with van der Waals surface area (Å²) in [5.41, 5.74) is 2.74. The van der Waals surface area contributed by atoms with Crippen LogP contribution in [0.25, 0.3) is 27.4 Å². The first-order valence-electron chi connectivity index (χ1n) is 8.23. The van der Waals surface area contributed by atoms with Crippen molar-refractivity contribution in [3.05, 3.63) is 92.8 Å². The van der Waals surface area contributed by atoms with Crippen molar-refractivity contribution in [3.8, 4) is 11.1 Å². The van der Waals surface area contributed by atoms with E-state index in [9.17, 15) is 4.79 Å². The molecular formula is C21H14BrN3OS. The van der Waals surface area contributed by atoms with E-state index in [0.717, 1.165) is 21.2 Å². The van der Waals surface area contributed by atoms with Gasteiger partial charge >= 0.3 is 0 Å². The Morgan fingerprint density at radius 1 is 1.07 bits per heavy atom. The topological polar surface area (TPSA) is 47.2 Å². The van der Waals surface area contributed by atoms with E-state index in [1.54, 1.807) is 6.21 Å². The van der Waals surface area contributed by atoms with Gasteiger partial charge in [-0.3, -0.25) is 4.79 Å². The molecule has 2 aromatic carbocycles. The van der Waals surface area contributed by atoms with Gasteiger partial charge in [0.15, 0.2) is 0 Å². The molecule has 0 aliphatic carbocycles. The molecule has 2 aromatic heterocycles. The van der Waals surface area contributed by atoms with Crippen LogP contribution in [0.3, 0.4) is 0 Å². The first-order chi connectivity index (χ1) is 13.2. The maximum Gasteiger partial charge on any atom is 0.283 e. The Morgan fingerprint density at radius 2 is 1.78 bits per heavy atom. The number of benzene rings is 2. The molecule has 0 fully saturated rings. The zero-order valence-corrected chi connectivity index (χ0v) is 16.5. The van der Waals surface area contributed by atoms with E-state index in [0.29, 0.717) is 10.2 Å². The van der Waals surface area contributed by atoms with Gasteiger partial charge in [0.05, 0.1) is 11.6 Å². The van der Waals surface area contributed by atoms with Crippen molar-refractivity contribution in [2.45, 2.75) is 0 Å². The smallest absolute Gasteiger partial charge is 0.267 e. The zero-order chi connectivity index (χ0) is 18.6. The van der Waals surface area contributed by atoms with E-state index in [1.165, 1.54) is 22.3 Å². The summed E-state index contributed by atoms with van der Waals surface area (Å²) in [5.74, 6) is 0. The number of fused-ring (bicyclic) bond motifs is 1. The first-order valence-corrected chi connectivity index (χ1v) is 9.90. The lowest BCUT2D eigenvalue weighted by Gasteiger charge is -2.01. The molecule has 4 nitrogen and oxygen atoms in total. The Bertz CT molecular complexity index is 1190. The van der Waals surface area contributed by atoms with Crippen LogP contribution in [0.1, 0.15) is 5.56 Å². The fourth-order valence-electron chi connectivity index (χ4n) is 2.70. The number of thiophene rings is 1. The molecule has 0 atom stereocenters. The van der Waals surface area contributed by atoms with Crippen molar-refractivity contribution >= 4 is 49.8 Å². The maximum atomic E-state index is 12.9. The highest BCUT2D eigenvalue weighted by atomic mass is 79.9. The van der Waals surface area contributed by atoms with Crippen molar-refractivity contribution in [3.63, 3.8) is 0 Å². The van der Waals surface area contributed by atoms with E-state index in [1.807, 2.05) is 72.1 Å². The molecule has 132 valence electrons. The van der Waals surface area contributed by atoms with Gasteiger partial charge in [0, 0.05) is 15.4 Å². The third-order valence-corrected chi connectivity index (χ3v) is 5.29. The molecule has 4 rings (SSSR count). The van der Waals surface area contributed by atoms with Crippen LogP contribution in [0.4, 0.5) is 0 Å². The lowest BCUT2D eigenvalue weighted by atomic mass is 10.1. The van der Waals surface area contributed by atoms with Gasteiger partial charge in [-0.25, -0.2) is 4.98 Å². The first kappa shape index (κ1) is 17.6. The van der Waals surface area contributed by atoms with Crippen molar-refractivity contribution < 1.29 is 0 Å². The van der Waals surface area contributed by atoms with Crippen LogP contribution in [0.5, 0.6) is 0 Å². The summed E-state index contributed by atoms with van der Waals surface area (Å²) in [6.45, 7) is 0. The molecule has 0 spiro atoms. The van der Waals surface area contributed by atoms with Crippen LogP contribution in [0.2, 0.25) is 0 Å². The Labute approximate surface area is 168 Å². The molecule has 6 heteroatoms. The number of aromatic nitrogens is 2. The standard InChI is InChI=1S/C21H14BrN3OS/c22-17(11-15-7-3-1-4-8-15)12-24-25-14-23-20-19(21(25)26)18(13-27-20)16-9-5-2-6-10-16/h1-14H/b17-11+,24-12+. The van der Waals surface area contributed by atoms with Gasteiger partial charge in [-0.15, -0.1) is 11.3 Å². The normalized spacial score (nSPS) is 12.1. The Kier molecular flexibility index (Phi) is 5.09. The number of halogens is 1. The lowest BCUT2D eigenvalue weighted by Crippen LogP contribution is -2.16. The molecule has 0 aliphatic heterocycles. The van der Waals surface area contributed by atoms with E-state index < -0.39 is 0 Å². The van der Waals surface area contributed by atoms with Crippen LogP contribution >= 0.6 is 27.3 Å². The average Bonchev–Trinajstić information content (AvgIpc) is 3.14. The van der Waals surface area contributed by atoms with Gasteiger partial charge in [-0.2, -0.15) is 9.78 Å². The van der Waals surface area contributed by atoms with Gasteiger partial charge in [-0.05, 0) is 33.1 Å². The highest BCUT2D eigenvalue weighted by Crippen LogP contribution is 2.30. The summed E-state index contributed by atoms with van der Waals surface area (Å²) in [7, 11) is 0. The minimum absolute atomic E-state index is 0.184. The van der Waals surface area contributed by atoms with Gasteiger partial charge in [0.2, 0.25) is 0 Å². The summed E-state index contributed by atoms with van der Waals surface area (Å²) in [6, 6.07) is 19.7. The third-order valence-electron chi connectivity index (χ3n) is 3.97. The third kappa shape index (κ3) is 3.82. The Morgan fingerprint density at radius 3 is 2.52 bits per heavy atom. The molecule has 0 amide bonds. The van der Waals surface area contributed by atoms with E-state index in [2.05, 4.69) is 26.0 Å². The summed E-state index contributed by atoms with van der Waals surface area (Å²) in [5, 5.41) is 6.83. The van der Waals surface area contributed by atoms with Gasteiger partial charge in [0.25, 0.3) is 5.56 Å². The molecular weight excluding hydrogens is 422 g/mol. The Hall–Kier alpha value is -2.83. The average molecular weight is 436 g/mol. The van der Waals surface area contributed by atoms with Crippen molar-refractivity contribution in [2.75, 3.05) is 0 Å². The lowest BCUT2D eigenvalue weighted by molar-refractivity contribution is 0.819. The second kappa shape index (κ2) is 7.82. The van der Waals surface area contributed by atoms with Gasteiger partial charge in [-0.1, -0.05) is 60.7 Å². The van der Waals surface area contributed by atoms with Crippen LogP contribution in [-0.2, 0) is 0 Å². The summed E-state index contributed by atoms with van der Waals surface area (Å²) >= 11 is 4.93. The molecule has 0 unspecified atom stereocenters. The molecule has 4 aromatic rings. The van der Waals surface area contributed by atoms with E-state index in [-0.39, 0.29) is 5.56 Å². The highest BCUT2D eigenvalue weighted by Gasteiger charge is 2.12. The van der Waals surface area contributed by atoms with E-state index >= 15 is 0 Å². The molecule has 0 N–H and O–H groups in total. The Balaban J connectivity index is 1.72. The van der Waals surface area contributed by atoms with Crippen LogP contribution < -0.4 is 5.56 Å². The molecule has 0 bridgehead atoms. The summed E-state index contributed by atoms with van der Waals surface area (Å²) in [4.78, 5) is 18.0. The monoisotopic (exact) mass is 435 g/mol. The molecule has 2 heterocycles. The summed E-state index contributed by atoms with van der Waals surface area (Å²) < 4.78 is 2.02. The molecule has 0 radical (unpaired) electrons. The van der Waals surface area contributed by atoms with Crippen LogP contribution in [0.15, 0.2) is 86.7 Å². The largest absolute Gasteiger partial charge is 0.283 e. The van der Waals surface area contributed by atoms with Crippen molar-refractivity contribution in [1.29, 1.82) is 0 Å². The number of hydrogen-bond acceptors (Lipinski definition) is 4. The zero-order valence-electron chi connectivity index (χ0n) is 14.1. The maximum absolute atomic E-state index is 12.9. The van der Waals surface area contributed by atoms with Gasteiger partial charge < -0.3 is 0 Å². The minimum Gasteiger partial charge on any atom is -0.267 e. The quantitative estimate of drug-likeness (QED) is 0.403. The SMILES string of the molecule is O=c1c2c(-c3ccccc3)csc2ncn1/N=C/C(Br)=C\c1ccccc1. The van der Waals surface area contributed by atoms with Crippen molar-refractivity contribution in [1.82, 2.24) is 9.66 Å². The predicted octanol–water partition coefficient (Wildman–Crippen LogP) is 5.39. The summed E-state index contributed by atoms with van der Waals surface area (Å²) in [6.07, 6.45) is 4.98. The van der Waals surface area contributed by atoms with Crippen molar-refractivity contribution in [2.24, 2.45) is 5.10 Å². The fourth-order valence-corrected chi connectivity index (χ4v) is 3.96. The molecule has 0 saturated heterocycles. The number of nitrogens with zero attached hydrogens (tertiary/aromatic N) is 3. The second-order valence-corrected chi connectivity index (χ2v) is 7.55. The molecule has 0 saturated carbocycles. The van der Waals surface area contributed by atoms with Gasteiger partial charge in [0.1, 0.15) is 11.2 Å². The molecule has 0 aliphatic rings. The number of rotatable bonds is 4. The minimum atomic E-state index is -0.184.